The first-order chi connectivity index (χ1) is 21.1. The summed E-state index contributed by atoms with van der Waals surface area (Å²) in [7, 11) is 0. The van der Waals surface area contributed by atoms with Crippen LogP contribution < -0.4 is 4.74 Å². The number of carbonyl (C=O) groups is 1. The molecule has 1 aromatic heterocycles. The number of piperidine rings is 1. The van der Waals surface area contributed by atoms with Crippen LogP contribution in [-0.4, -0.2) is 33.5 Å². The molecule has 1 atom stereocenters. The fraction of sp³-hybridized carbons (Fsp3) is 0.257. The van der Waals surface area contributed by atoms with Crippen LogP contribution in [0.4, 0.5) is 13.2 Å². The number of benzene rings is 3. The number of carboxylic acids is 1. The molecular weight excluding hydrogens is 680 g/mol. The Bertz CT molecular complexity index is 1660. The third-order valence-corrected chi connectivity index (χ3v) is 8.46. The fourth-order valence-corrected chi connectivity index (χ4v) is 6.16. The highest BCUT2D eigenvalue weighted by Gasteiger charge is 2.35. The summed E-state index contributed by atoms with van der Waals surface area (Å²) in [6.07, 6.45) is 3.89. The van der Waals surface area contributed by atoms with Gasteiger partial charge in [-0.25, -0.2) is 0 Å². The van der Waals surface area contributed by atoms with Crippen molar-refractivity contribution in [1.29, 1.82) is 0 Å². The van der Waals surface area contributed by atoms with Crippen LogP contribution in [-0.2, 0) is 24.1 Å². The van der Waals surface area contributed by atoms with E-state index in [9.17, 15) is 23.1 Å². The van der Waals surface area contributed by atoms with Crippen LogP contribution in [0.3, 0.4) is 0 Å². The van der Waals surface area contributed by atoms with Crippen molar-refractivity contribution in [2.24, 2.45) is 0 Å². The van der Waals surface area contributed by atoms with Gasteiger partial charge in [-0.15, -0.1) is 0 Å². The Balaban J connectivity index is 1.55. The van der Waals surface area contributed by atoms with Crippen LogP contribution in [0.5, 0.6) is 5.75 Å². The third kappa shape index (κ3) is 7.68. The Hall–Kier alpha value is -3.70. The number of aromatic nitrogens is 1. The largest absolute Gasteiger partial charge is 0.488 e. The average Bonchev–Trinajstić information content (AvgIpc) is 3.00. The molecule has 0 spiro atoms. The molecule has 0 unspecified atom stereocenters. The van der Waals surface area contributed by atoms with Crippen molar-refractivity contribution in [2.45, 2.75) is 51.6 Å². The van der Waals surface area contributed by atoms with Gasteiger partial charge < -0.3 is 9.84 Å². The first kappa shape index (κ1) is 31.7. The van der Waals surface area contributed by atoms with Gasteiger partial charge in [-0.3, -0.25) is 14.7 Å². The zero-order chi connectivity index (χ0) is 31.3. The maximum atomic E-state index is 14.5. The molecule has 0 radical (unpaired) electrons. The molecule has 1 saturated heterocycles. The third-order valence-electron chi connectivity index (χ3n) is 7.87. The lowest BCUT2D eigenvalue weighted by Crippen LogP contribution is -2.44. The van der Waals surface area contributed by atoms with Crippen molar-refractivity contribution in [3.05, 3.63) is 116 Å². The molecule has 1 fully saturated rings. The van der Waals surface area contributed by atoms with E-state index in [1.54, 1.807) is 23.4 Å². The van der Waals surface area contributed by atoms with Crippen LogP contribution >= 0.6 is 22.6 Å². The van der Waals surface area contributed by atoms with E-state index in [2.05, 4.69) is 27.6 Å². The van der Waals surface area contributed by atoms with Gasteiger partial charge in [-0.2, -0.15) is 13.2 Å². The molecule has 1 aliphatic heterocycles. The molecule has 3 aromatic carbocycles. The minimum Gasteiger partial charge on any atom is -0.488 e. The summed E-state index contributed by atoms with van der Waals surface area (Å²) in [4.78, 5) is 17.9. The van der Waals surface area contributed by atoms with Crippen LogP contribution in [0.1, 0.15) is 52.6 Å². The molecular formula is C35H32F3IN2O3. The lowest BCUT2D eigenvalue weighted by Gasteiger charge is -2.33. The number of halogens is 4. The number of rotatable bonds is 9. The number of hydrogen-bond donors (Lipinski definition) is 1. The molecule has 44 heavy (non-hydrogen) atoms. The molecule has 0 bridgehead atoms. The predicted octanol–water partition coefficient (Wildman–Crippen LogP) is 8.87. The van der Waals surface area contributed by atoms with Crippen molar-refractivity contribution in [3.63, 3.8) is 0 Å². The second-order valence-electron chi connectivity index (χ2n) is 10.9. The number of carboxylic acid groups (broad SMARTS) is 1. The maximum absolute atomic E-state index is 14.5. The number of likely N-dealkylation sites (tertiary alicyclic amines) is 1. The molecule has 2 heterocycles. The standard InChI is InChI=1S/C35H32F3IN2O3/c1-23-25(10-7-11-30(23)26-8-3-2-4-9-26)13-14-27-18-33(44-22-24-16-29(39)20-40-19-24)28(17-31(27)35(36,37)38)21-41-15-6-5-12-32(41)34(42)43/h2-4,7-11,13-14,16-20,32H,5-6,12,15,21-22H2,1H3,(H,42,43)/b14-13+/t32-/m0/s1. The number of nitrogens with zero attached hydrogens (tertiary/aromatic N) is 2. The monoisotopic (exact) mass is 712 g/mol. The summed E-state index contributed by atoms with van der Waals surface area (Å²) >= 11 is 2.14. The van der Waals surface area contributed by atoms with E-state index >= 15 is 0 Å². The Labute approximate surface area is 268 Å². The van der Waals surface area contributed by atoms with Gasteiger partial charge in [0.1, 0.15) is 18.4 Å². The molecule has 1 N–H and O–H groups in total. The van der Waals surface area contributed by atoms with Gasteiger partial charge in [0.25, 0.3) is 0 Å². The molecule has 1 aliphatic rings. The SMILES string of the molecule is Cc1c(/C=C/c2cc(OCc3cncc(I)c3)c(CN3CCCC[C@H]3C(=O)O)cc2C(F)(F)F)cccc1-c1ccccc1. The molecule has 0 saturated carbocycles. The Morgan fingerprint density at radius 1 is 1.05 bits per heavy atom. The van der Waals surface area contributed by atoms with E-state index in [1.807, 2.05) is 61.5 Å². The summed E-state index contributed by atoms with van der Waals surface area (Å²) in [5.41, 5.74) is 4.02. The second-order valence-corrected chi connectivity index (χ2v) is 12.1. The Morgan fingerprint density at radius 3 is 2.55 bits per heavy atom. The zero-order valence-electron chi connectivity index (χ0n) is 24.2. The van der Waals surface area contributed by atoms with Gasteiger partial charge >= 0.3 is 12.1 Å². The van der Waals surface area contributed by atoms with E-state index in [4.69, 9.17) is 4.74 Å². The van der Waals surface area contributed by atoms with Crippen molar-refractivity contribution in [3.8, 4) is 16.9 Å². The highest BCUT2D eigenvalue weighted by Crippen LogP contribution is 2.38. The number of aliphatic carboxylic acids is 1. The molecule has 4 aromatic rings. The summed E-state index contributed by atoms with van der Waals surface area (Å²) in [6.45, 7) is 2.57. The summed E-state index contributed by atoms with van der Waals surface area (Å²) in [5.74, 6) is -0.693. The predicted molar refractivity (Wildman–Crippen MR) is 174 cm³/mol. The van der Waals surface area contributed by atoms with Crippen molar-refractivity contribution in [1.82, 2.24) is 9.88 Å². The molecule has 0 amide bonds. The summed E-state index contributed by atoms with van der Waals surface area (Å²) < 4.78 is 50.7. The normalized spacial score (nSPS) is 15.9. The van der Waals surface area contributed by atoms with Crippen molar-refractivity contribution < 1.29 is 27.8 Å². The highest BCUT2D eigenvalue weighted by molar-refractivity contribution is 14.1. The van der Waals surface area contributed by atoms with E-state index in [0.717, 1.165) is 50.3 Å². The minimum atomic E-state index is -4.64. The van der Waals surface area contributed by atoms with Crippen LogP contribution in [0, 0.1) is 10.5 Å². The molecule has 228 valence electrons. The number of hydrogen-bond acceptors (Lipinski definition) is 4. The van der Waals surface area contributed by atoms with Crippen LogP contribution in [0.25, 0.3) is 23.3 Å². The number of ether oxygens (including phenoxy) is 1. The first-order valence-corrected chi connectivity index (χ1v) is 15.4. The lowest BCUT2D eigenvalue weighted by molar-refractivity contribution is -0.145. The summed E-state index contributed by atoms with van der Waals surface area (Å²) in [6, 6.07) is 19.3. The number of alkyl halides is 3. The van der Waals surface area contributed by atoms with Gasteiger partial charge in [-0.1, -0.05) is 67.1 Å². The smallest absolute Gasteiger partial charge is 0.417 e. The lowest BCUT2D eigenvalue weighted by atomic mass is 9.95. The quantitative estimate of drug-likeness (QED) is 0.139. The minimum absolute atomic E-state index is 0.0299. The van der Waals surface area contributed by atoms with Gasteiger partial charge in [0.15, 0.2) is 0 Å². The van der Waals surface area contributed by atoms with Crippen molar-refractivity contribution in [2.75, 3.05) is 6.54 Å². The average molecular weight is 713 g/mol. The van der Waals surface area contributed by atoms with E-state index in [1.165, 1.54) is 12.1 Å². The molecule has 5 nitrogen and oxygen atoms in total. The Kier molecular flexibility index (Phi) is 10.1. The summed E-state index contributed by atoms with van der Waals surface area (Å²) in [5, 5.41) is 9.79. The highest BCUT2D eigenvalue weighted by atomic mass is 127. The van der Waals surface area contributed by atoms with Crippen molar-refractivity contribution >= 4 is 40.7 Å². The maximum Gasteiger partial charge on any atom is 0.417 e. The second kappa shape index (κ2) is 13.9. The molecule has 5 rings (SSSR count). The van der Waals surface area contributed by atoms with E-state index in [-0.39, 0.29) is 24.5 Å². The van der Waals surface area contributed by atoms with Crippen LogP contribution in [0.2, 0.25) is 0 Å². The molecule has 0 aliphatic carbocycles. The van der Waals surface area contributed by atoms with E-state index in [0.29, 0.717) is 18.5 Å². The first-order valence-electron chi connectivity index (χ1n) is 14.4. The topological polar surface area (TPSA) is 62.7 Å². The number of pyridine rings is 1. The fourth-order valence-electron chi connectivity index (χ4n) is 5.60. The molecule has 9 heteroatoms. The van der Waals surface area contributed by atoms with Crippen LogP contribution in [0.15, 0.2) is 79.1 Å². The van der Waals surface area contributed by atoms with E-state index < -0.39 is 23.8 Å². The van der Waals surface area contributed by atoms with Gasteiger partial charge in [0, 0.05) is 33.6 Å². The Morgan fingerprint density at radius 2 is 1.82 bits per heavy atom. The zero-order valence-corrected chi connectivity index (χ0v) is 26.3. The van der Waals surface area contributed by atoms with Gasteiger partial charge in [0.2, 0.25) is 0 Å². The van der Waals surface area contributed by atoms with Gasteiger partial charge in [0.05, 0.1) is 5.56 Å². The van der Waals surface area contributed by atoms with Gasteiger partial charge in [-0.05, 0) is 94.9 Å².